The normalized spacial score (nSPS) is 13.8. The van der Waals surface area contributed by atoms with Crippen molar-refractivity contribution < 1.29 is 23.9 Å². The van der Waals surface area contributed by atoms with E-state index in [9.17, 15) is 14.4 Å². The summed E-state index contributed by atoms with van der Waals surface area (Å²) < 4.78 is 10.1. The summed E-state index contributed by atoms with van der Waals surface area (Å²) in [6.45, 7) is 15.1. The Labute approximate surface area is 198 Å². The average molecular weight is 461 g/mol. The van der Waals surface area contributed by atoms with E-state index in [0.29, 0.717) is 19.5 Å². The Balaban J connectivity index is 3.82. The Morgan fingerprint density at radius 1 is 0.909 bits per heavy atom. The number of esters is 2. The maximum absolute atomic E-state index is 13.5. The van der Waals surface area contributed by atoms with Gasteiger partial charge in [-0.3, -0.25) is 9.69 Å². The first kappa shape index (κ1) is 28.4. The highest BCUT2D eigenvalue weighted by molar-refractivity contribution is 6.21. The van der Waals surface area contributed by atoms with Crippen molar-refractivity contribution in [2.75, 3.05) is 27.3 Å². The molecule has 7 heteroatoms. The van der Waals surface area contributed by atoms with Gasteiger partial charge in [-0.05, 0) is 44.3 Å². The number of amides is 1. The lowest BCUT2D eigenvalue weighted by atomic mass is 9.81. The van der Waals surface area contributed by atoms with Crippen LogP contribution in [0, 0.1) is 5.41 Å². The third-order valence-electron chi connectivity index (χ3n) is 5.28. The van der Waals surface area contributed by atoms with Crippen LogP contribution in [-0.2, 0) is 23.9 Å². The summed E-state index contributed by atoms with van der Waals surface area (Å²) in [4.78, 5) is 41.6. The summed E-state index contributed by atoms with van der Waals surface area (Å²) >= 11 is 0. The van der Waals surface area contributed by atoms with Crippen LogP contribution in [0.1, 0.15) is 66.5 Å². The molecule has 0 radical (unpaired) electrons. The van der Waals surface area contributed by atoms with Crippen LogP contribution >= 0.6 is 0 Å². The molecule has 1 aromatic rings. The molecular formula is C26H40N2O5. The molecule has 1 aromatic carbocycles. The summed E-state index contributed by atoms with van der Waals surface area (Å²) in [6, 6.07) is 8.63. The summed E-state index contributed by atoms with van der Waals surface area (Å²) in [5.74, 6) is -2.29. The molecule has 1 atom stereocenters. The Hall–Kier alpha value is -2.67. The zero-order valence-electron chi connectivity index (χ0n) is 21.6. The van der Waals surface area contributed by atoms with Crippen molar-refractivity contribution in [1.29, 1.82) is 0 Å². The van der Waals surface area contributed by atoms with Gasteiger partial charge in [0.2, 0.25) is 0 Å². The molecule has 0 aromatic heterocycles. The van der Waals surface area contributed by atoms with Crippen LogP contribution in [0.2, 0.25) is 0 Å². The van der Waals surface area contributed by atoms with Crippen LogP contribution in [0.5, 0.6) is 0 Å². The number of methoxy groups -OCH3 is 2. The first-order valence-electron chi connectivity index (χ1n) is 11.3. The lowest BCUT2D eigenvalue weighted by molar-refractivity contribution is -0.142. The van der Waals surface area contributed by atoms with E-state index in [1.54, 1.807) is 0 Å². The molecule has 33 heavy (non-hydrogen) atoms. The Morgan fingerprint density at radius 3 is 1.85 bits per heavy atom. The van der Waals surface area contributed by atoms with Crippen LogP contribution in [0.4, 0.5) is 0 Å². The number of benzene rings is 1. The van der Waals surface area contributed by atoms with E-state index in [1.165, 1.54) is 14.2 Å². The van der Waals surface area contributed by atoms with Gasteiger partial charge in [-0.25, -0.2) is 9.59 Å². The predicted octanol–water partition coefficient (Wildman–Crippen LogP) is 4.04. The summed E-state index contributed by atoms with van der Waals surface area (Å²) in [6.07, 6.45) is 0.659. The largest absolute Gasteiger partial charge is 0.466 e. The van der Waals surface area contributed by atoms with Gasteiger partial charge in [0, 0.05) is 5.54 Å². The van der Waals surface area contributed by atoms with Gasteiger partial charge >= 0.3 is 11.9 Å². The van der Waals surface area contributed by atoms with Crippen LogP contribution in [0.3, 0.4) is 0 Å². The van der Waals surface area contributed by atoms with Gasteiger partial charge in [0.15, 0.2) is 0 Å². The second-order valence-corrected chi connectivity index (χ2v) is 9.88. The zero-order valence-corrected chi connectivity index (χ0v) is 21.6. The molecular weight excluding hydrogens is 420 g/mol. The van der Waals surface area contributed by atoms with E-state index in [-0.39, 0.29) is 16.6 Å². The maximum Gasteiger partial charge on any atom is 0.344 e. The number of rotatable bonds is 10. The molecule has 0 spiro atoms. The molecule has 0 aliphatic rings. The highest BCUT2D eigenvalue weighted by Gasteiger charge is 2.38. The van der Waals surface area contributed by atoms with Crippen molar-refractivity contribution in [3.05, 3.63) is 47.0 Å². The van der Waals surface area contributed by atoms with Crippen molar-refractivity contribution in [3.8, 4) is 0 Å². The Kier molecular flexibility index (Phi) is 10.3. The van der Waals surface area contributed by atoms with E-state index < -0.39 is 29.4 Å². The summed E-state index contributed by atoms with van der Waals surface area (Å²) in [7, 11) is 2.43. The zero-order chi connectivity index (χ0) is 25.4. The van der Waals surface area contributed by atoms with Crippen LogP contribution in [0.25, 0.3) is 0 Å². The third-order valence-corrected chi connectivity index (χ3v) is 5.28. The number of hydrogen-bond donors (Lipinski definition) is 1. The number of nitrogens with zero attached hydrogens (tertiary/aromatic N) is 1. The molecule has 1 amide bonds. The van der Waals surface area contributed by atoms with E-state index in [1.807, 2.05) is 62.9 Å². The van der Waals surface area contributed by atoms with Crippen molar-refractivity contribution in [3.63, 3.8) is 0 Å². The van der Waals surface area contributed by atoms with E-state index in [2.05, 4.69) is 26.1 Å². The second kappa shape index (κ2) is 12.0. The first-order valence-corrected chi connectivity index (χ1v) is 11.3. The minimum atomic E-state index is -0.882. The van der Waals surface area contributed by atoms with E-state index >= 15 is 0 Å². The van der Waals surface area contributed by atoms with Crippen molar-refractivity contribution in [2.24, 2.45) is 5.41 Å². The fourth-order valence-corrected chi connectivity index (χ4v) is 4.41. The number of hydrogen-bond acceptors (Lipinski definition) is 6. The molecule has 1 unspecified atom stereocenters. The molecule has 7 nitrogen and oxygen atoms in total. The van der Waals surface area contributed by atoms with Gasteiger partial charge in [0.25, 0.3) is 5.91 Å². The predicted molar refractivity (Wildman–Crippen MR) is 129 cm³/mol. The smallest absolute Gasteiger partial charge is 0.344 e. The van der Waals surface area contributed by atoms with Crippen molar-refractivity contribution in [1.82, 2.24) is 10.2 Å². The third kappa shape index (κ3) is 8.00. The fraction of sp³-hybridized carbons (Fsp3) is 0.577. The molecule has 0 saturated carbocycles. The Bertz CT molecular complexity index is 849. The van der Waals surface area contributed by atoms with Crippen LogP contribution in [0.15, 0.2) is 41.5 Å². The maximum atomic E-state index is 13.5. The van der Waals surface area contributed by atoms with Gasteiger partial charge in [-0.1, -0.05) is 65.0 Å². The number of nitrogens with one attached hydrogen (secondary N) is 1. The molecule has 184 valence electrons. The molecule has 0 saturated heterocycles. The van der Waals surface area contributed by atoms with Gasteiger partial charge in [0.1, 0.15) is 5.57 Å². The lowest BCUT2D eigenvalue weighted by Crippen LogP contribution is -2.48. The molecule has 1 N–H and O–H groups in total. The highest BCUT2D eigenvalue weighted by Crippen LogP contribution is 2.33. The minimum Gasteiger partial charge on any atom is -0.466 e. The highest BCUT2D eigenvalue weighted by atomic mass is 16.5. The van der Waals surface area contributed by atoms with Crippen molar-refractivity contribution >= 4 is 17.8 Å². The molecule has 1 rings (SSSR count). The van der Waals surface area contributed by atoms with Gasteiger partial charge in [0.05, 0.1) is 25.8 Å². The number of carbonyl (C=O) groups is 3. The van der Waals surface area contributed by atoms with Crippen molar-refractivity contribution in [2.45, 2.75) is 66.5 Å². The lowest BCUT2D eigenvalue weighted by Gasteiger charge is -2.35. The number of likely N-dealkylation sites (N-methyl/N-ethyl adjacent to an activating group) is 1. The van der Waals surface area contributed by atoms with Gasteiger partial charge in [-0.15, -0.1) is 0 Å². The van der Waals surface area contributed by atoms with E-state index in [4.69, 9.17) is 9.47 Å². The molecule has 0 bridgehead atoms. The standard InChI is InChI=1S/C26H40N2O5/c1-10-28(11-2)21(18-15-13-12-14-16-18)19(23(30)32-8)20(24(31)33-9)22(29)27-26(6,7)17-25(3,4)5/h12-16,21H,10-11,17H2,1-9H3,(H,27,29)/b20-19-. The average Bonchev–Trinajstić information content (AvgIpc) is 2.73. The van der Waals surface area contributed by atoms with Crippen LogP contribution in [-0.4, -0.2) is 55.6 Å². The monoisotopic (exact) mass is 460 g/mol. The minimum absolute atomic E-state index is 0.0386. The van der Waals surface area contributed by atoms with E-state index in [0.717, 1.165) is 5.56 Å². The number of ether oxygens (including phenoxy) is 2. The topological polar surface area (TPSA) is 84.9 Å². The molecule has 0 heterocycles. The summed E-state index contributed by atoms with van der Waals surface area (Å²) in [5.41, 5.74) is -0.307. The quantitative estimate of drug-likeness (QED) is 0.245. The Morgan fingerprint density at radius 2 is 1.42 bits per heavy atom. The first-order chi connectivity index (χ1) is 15.3. The number of carbonyl (C=O) groups excluding carboxylic acids is 3. The molecule has 0 fully saturated rings. The van der Waals surface area contributed by atoms with Gasteiger partial charge in [-0.2, -0.15) is 0 Å². The summed E-state index contributed by atoms with van der Waals surface area (Å²) in [5, 5.41) is 2.94. The molecule has 0 aliphatic heterocycles. The van der Waals surface area contributed by atoms with Crippen LogP contribution < -0.4 is 5.32 Å². The SMILES string of the molecule is CCN(CC)C(/C(C(=O)OC)=C(\C(=O)NC(C)(C)CC(C)(C)C)C(=O)OC)c1ccccc1. The van der Waals surface area contributed by atoms with Gasteiger partial charge < -0.3 is 14.8 Å². The molecule has 0 aliphatic carbocycles. The fourth-order valence-electron chi connectivity index (χ4n) is 4.41. The second-order valence-electron chi connectivity index (χ2n) is 9.88.